The second-order valence-corrected chi connectivity index (χ2v) is 7.88. The molecule has 21 heavy (non-hydrogen) atoms. The van der Waals surface area contributed by atoms with Gasteiger partial charge in [-0.25, -0.2) is 12.7 Å². The van der Waals surface area contributed by atoms with E-state index in [0.29, 0.717) is 19.3 Å². The molecule has 2 fully saturated rings. The van der Waals surface area contributed by atoms with Crippen molar-refractivity contribution in [1.29, 1.82) is 0 Å². The van der Waals surface area contributed by atoms with E-state index in [1.807, 2.05) is 6.92 Å². The van der Waals surface area contributed by atoms with E-state index >= 15 is 0 Å². The van der Waals surface area contributed by atoms with Crippen molar-refractivity contribution >= 4 is 21.9 Å². The summed E-state index contributed by atoms with van der Waals surface area (Å²) in [6.45, 7) is 3.54. The van der Waals surface area contributed by atoms with E-state index in [0.717, 1.165) is 4.31 Å². The van der Waals surface area contributed by atoms with Crippen molar-refractivity contribution in [3.8, 4) is 0 Å². The summed E-state index contributed by atoms with van der Waals surface area (Å²) in [6, 6.07) is 0. The van der Waals surface area contributed by atoms with E-state index in [-0.39, 0.29) is 19.1 Å². The molecule has 1 N–H and O–H groups in total. The Morgan fingerprint density at radius 1 is 1.52 bits per heavy atom. The molecule has 2 unspecified atom stereocenters. The van der Waals surface area contributed by atoms with Crippen LogP contribution in [0.2, 0.25) is 0 Å². The number of carboxylic acids is 1. The van der Waals surface area contributed by atoms with Gasteiger partial charge in [0.05, 0.1) is 24.8 Å². The highest BCUT2D eigenvalue weighted by Crippen LogP contribution is 2.38. The Hall–Kier alpha value is -1.15. The number of morpholine rings is 1. The molecule has 0 aromatic rings. The van der Waals surface area contributed by atoms with Crippen LogP contribution in [-0.4, -0.2) is 53.7 Å². The van der Waals surface area contributed by atoms with Crippen molar-refractivity contribution in [3.05, 3.63) is 0 Å². The lowest BCUT2D eigenvalue weighted by Gasteiger charge is -2.43. The zero-order chi connectivity index (χ0) is 15.8. The number of sulfonamides is 1. The largest absolute Gasteiger partial charge is 0.481 e. The Kier molecular flexibility index (Phi) is 4.30. The number of carbonyl (C=O) groups is 2. The van der Waals surface area contributed by atoms with Crippen LogP contribution in [0.25, 0.3) is 0 Å². The summed E-state index contributed by atoms with van der Waals surface area (Å²) < 4.78 is 31.1. The van der Waals surface area contributed by atoms with Gasteiger partial charge in [-0.15, -0.1) is 0 Å². The Morgan fingerprint density at radius 3 is 2.62 bits per heavy atom. The summed E-state index contributed by atoms with van der Waals surface area (Å²) >= 11 is 0. The molecule has 8 heteroatoms. The number of carbonyl (C=O) groups excluding carboxylic acids is 1. The first-order valence-corrected chi connectivity index (χ1v) is 8.67. The number of carboxylic acid groups (broad SMARTS) is 1. The van der Waals surface area contributed by atoms with Crippen LogP contribution in [0, 0.1) is 5.92 Å². The molecule has 0 radical (unpaired) electrons. The lowest BCUT2D eigenvalue weighted by molar-refractivity contribution is -0.181. The standard InChI is InChI=1S/C13H21NO6S/c1-3-9(2)13(8-11(15)16)12(17)14(6-7-20-13)21(18,19)10-4-5-10/h9-10H,3-8H2,1-2H3,(H,15,16). The first-order valence-electron chi connectivity index (χ1n) is 7.17. The molecule has 7 nitrogen and oxygen atoms in total. The average Bonchev–Trinajstić information content (AvgIpc) is 3.24. The van der Waals surface area contributed by atoms with Crippen LogP contribution in [0.4, 0.5) is 0 Å². The smallest absolute Gasteiger partial charge is 0.306 e. The maximum Gasteiger partial charge on any atom is 0.306 e. The lowest BCUT2D eigenvalue weighted by Crippen LogP contribution is -2.62. The highest BCUT2D eigenvalue weighted by Gasteiger charge is 2.55. The van der Waals surface area contributed by atoms with Crippen LogP contribution in [0.1, 0.15) is 39.5 Å². The highest BCUT2D eigenvalue weighted by molar-refractivity contribution is 7.90. The van der Waals surface area contributed by atoms with Gasteiger partial charge in [-0.1, -0.05) is 20.3 Å². The van der Waals surface area contributed by atoms with Gasteiger partial charge in [0.2, 0.25) is 10.0 Å². The number of hydrogen-bond donors (Lipinski definition) is 1. The van der Waals surface area contributed by atoms with Gasteiger partial charge in [0.25, 0.3) is 5.91 Å². The summed E-state index contributed by atoms with van der Waals surface area (Å²) in [5.41, 5.74) is -1.58. The first kappa shape index (κ1) is 16.2. The Bertz CT molecular complexity index is 541. The van der Waals surface area contributed by atoms with Crippen LogP contribution in [0.5, 0.6) is 0 Å². The molecular weight excluding hydrogens is 298 g/mol. The van der Waals surface area contributed by atoms with Crippen molar-refractivity contribution in [2.24, 2.45) is 5.92 Å². The van der Waals surface area contributed by atoms with Gasteiger partial charge in [-0.3, -0.25) is 9.59 Å². The van der Waals surface area contributed by atoms with Gasteiger partial charge in [-0.2, -0.15) is 0 Å². The minimum Gasteiger partial charge on any atom is -0.481 e. The molecule has 1 amide bonds. The number of amides is 1. The molecule has 2 rings (SSSR count). The third-order valence-corrected chi connectivity index (χ3v) is 6.59. The van der Waals surface area contributed by atoms with Crippen molar-refractivity contribution in [3.63, 3.8) is 0 Å². The number of rotatable bonds is 6. The summed E-state index contributed by atoms with van der Waals surface area (Å²) in [5.74, 6) is -2.27. The van der Waals surface area contributed by atoms with E-state index in [1.165, 1.54) is 0 Å². The molecule has 2 aliphatic rings. The van der Waals surface area contributed by atoms with Gasteiger partial charge in [0, 0.05) is 0 Å². The number of ether oxygens (including phenoxy) is 1. The fourth-order valence-electron chi connectivity index (χ4n) is 2.68. The fraction of sp³-hybridized carbons (Fsp3) is 0.846. The topological polar surface area (TPSA) is 101 Å². The monoisotopic (exact) mass is 319 g/mol. The van der Waals surface area contributed by atoms with Crippen LogP contribution < -0.4 is 0 Å². The summed E-state index contributed by atoms with van der Waals surface area (Å²) in [4.78, 5) is 23.9. The van der Waals surface area contributed by atoms with Gasteiger partial charge < -0.3 is 9.84 Å². The highest BCUT2D eigenvalue weighted by atomic mass is 32.2. The van der Waals surface area contributed by atoms with E-state index < -0.39 is 39.2 Å². The summed E-state index contributed by atoms with van der Waals surface area (Å²) in [5, 5.41) is 8.60. The number of hydrogen-bond acceptors (Lipinski definition) is 5. The molecule has 2 atom stereocenters. The predicted molar refractivity (Wildman–Crippen MR) is 74.0 cm³/mol. The van der Waals surface area contributed by atoms with E-state index in [1.54, 1.807) is 6.92 Å². The van der Waals surface area contributed by atoms with Crippen LogP contribution in [0.3, 0.4) is 0 Å². The minimum absolute atomic E-state index is 0.0323. The molecule has 1 saturated carbocycles. The maximum absolute atomic E-state index is 12.7. The molecule has 0 spiro atoms. The van der Waals surface area contributed by atoms with Gasteiger partial charge >= 0.3 is 5.97 Å². The predicted octanol–water partition coefficient (Wildman–Crippen LogP) is 0.597. The van der Waals surface area contributed by atoms with Crippen molar-refractivity contribution < 1.29 is 27.9 Å². The minimum atomic E-state index is -3.68. The lowest BCUT2D eigenvalue weighted by atomic mass is 9.82. The zero-order valence-electron chi connectivity index (χ0n) is 12.2. The molecule has 0 bridgehead atoms. The van der Waals surface area contributed by atoms with Crippen LogP contribution in [-0.2, 0) is 24.3 Å². The third kappa shape index (κ3) is 2.78. The molecule has 0 aromatic heterocycles. The van der Waals surface area contributed by atoms with E-state index in [9.17, 15) is 18.0 Å². The third-order valence-electron chi connectivity index (χ3n) is 4.32. The summed E-state index contributed by atoms with van der Waals surface area (Å²) in [6.07, 6.45) is 1.12. The maximum atomic E-state index is 12.7. The second-order valence-electron chi connectivity index (χ2n) is 5.74. The van der Waals surface area contributed by atoms with Crippen molar-refractivity contribution in [2.75, 3.05) is 13.2 Å². The van der Waals surface area contributed by atoms with E-state index in [2.05, 4.69) is 0 Å². The Balaban J connectivity index is 2.37. The SMILES string of the molecule is CCC(C)C1(CC(=O)O)OCCN(S(=O)(=O)C2CC2)C1=O. The molecule has 1 aliphatic carbocycles. The molecule has 120 valence electrons. The Labute approximate surface area is 124 Å². The molecule has 1 heterocycles. The van der Waals surface area contributed by atoms with Crippen molar-refractivity contribution in [2.45, 2.75) is 50.4 Å². The van der Waals surface area contributed by atoms with Gasteiger partial charge in [-0.05, 0) is 18.8 Å². The van der Waals surface area contributed by atoms with Crippen LogP contribution >= 0.6 is 0 Å². The first-order chi connectivity index (χ1) is 9.75. The average molecular weight is 319 g/mol. The number of nitrogens with zero attached hydrogens (tertiary/aromatic N) is 1. The normalized spacial score (nSPS) is 28.5. The molecule has 0 aromatic carbocycles. The molecule has 1 aliphatic heterocycles. The molecule has 1 saturated heterocycles. The van der Waals surface area contributed by atoms with Crippen molar-refractivity contribution in [1.82, 2.24) is 4.31 Å². The van der Waals surface area contributed by atoms with Gasteiger partial charge in [0.15, 0.2) is 5.60 Å². The number of aliphatic carboxylic acids is 1. The van der Waals surface area contributed by atoms with Gasteiger partial charge in [0.1, 0.15) is 0 Å². The fourth-order valence-corrected chi connectivity index (χ4v) is 4.49. The summed E-state index contributed by atoms with van der Waals surface area (Å²) in [7, 11) is -3.68. The zero-order valence-corrected chi connectivity index (χ0v) is 13.1. The van der Waals surface area contributed by atoms with Crippen LogP contribution in [0.15, 0.2) is 0 Å². The Morgan fingerprint density at radius 2 is 2.14 bits per heavy atom. The second kappa shape index (κ2) is 5.57. The quantitative estimate of drug-likeness (QED) is 0.769. The van der Waals surface area contributed by atoms with E-state index in [4.69, 9.17) is 9.84 Å². The molecular formula is C13H21NO6S.